The lowest BCUT2D eigenvalue weighted by atomic mass is 9.91. The maximum Gasteiger partial charge on any atom is -0.0414 e. The van der Waals surface area contributed by atoms with Gasteiger partial charge < -0.3 is 0 Å². The van der Waals surface area contributed by atoms with E-state index in [0.717, 1.165) is 12.3 Å². The van der Waals surface area contributed by atoms with Gasteiger partial charge in [0.15, 0.2) is 0 Å². The fourth-order valence-electron chi connectivity index (χ4n) is 2.47. The second-order valence-electron chi connectivity index (χ2n) is 5.21. The molecular formula is C16H33. The zero-order valence-electron chi connectivity index (χ0n) is 11.8. The van der Waals surface area contributed by atoms with Gasteiger partial charge in [-0.05, 0) is 5.92 Å². The van der Waals surface area contributed by atoms with Gasteiger partial charge in [-0.1, -0.05) is 97.8 Å². The highest BCUT2D eigenvalue weighted by molar-refractivity contribution is 4.59. The van der Waals surface area contributed by atoms with Crippen molar-refractivity contribution >= 4 is 0 Å². The molecule has 1 radical (unpaired) electrons. The van der Waals surface area contributed by atoms with Gasteiger partial charge in [0, 0.05) is 0 Å². The number of unbranched alkanes of at least 4 members (excludes halogenated alkanes) is 6. The second-order valence-corrected chi connectivity index (χ2v) is 5.21. The van der Waals surface area contributed by atoms with E-state index in [4.69, 9.17) is 0 Å². The van der Waals surface area contributed by atoms with Gasteiger partial charge >= 0.3 is 0 Å². The van der Waals surface area contributed by atoms with Crippen LogP contribution in [0, 0.1) is 12.8 Å². The van der Waals surface area contributed by atoms with Crippen LogP contribution in [-0.2, 0) is 0 Å². The van der Waals surface area contributed by atoms with Gasteiger partial charge in [0.2, 0.25) is 0 Å². The first-order valence-electron chi connectivity index (χ1n) is 7.64. The van der Waals surface area contributed by atoms with Crippen LogP contribution in [0.25, 0.3) is 0 Å². The molecular weight excluding hydrogens is 192 g/mol. The van der Waals surface area contributed by atoms with Gasteiger partial charge in [-0.25, -0.2) is 0 Å². The maximum absolute atomic E-state index is 3.89. The third kappa shape index (κ3) is 10.5. The third-order valence-corrected chi connectivity index (χ3v) is 3.53. The maximum atomic E-state index is 3.89. The Labute approximate surface area is 104 Å². The minimum Gasteiger partial charge on any atom is -0.0654 e. The Hall–Kier alpha value is 0. The van der Waals surface area contributed by atoms with Crippen LogP contribution < -0.4 is 0 Å². The lowest BCUT2D eigenvalue weighted by molar-refractivity contribution is 0.383. The lowest BCUT2D eigenvalue weighted by Crippen LogP contribution is -2.00. The Kier molecular flexibility index (Phi) is 13.1. The molecule has 1 unspecified atom stereocenters. The molecule has 0 saturated heterocycles. The molecule has 0 aliphatic heterocycles. The molecule has 0 aromatic carbocycles. The Morgan fingerprint density at radius 1 is 0.688 bits per heavy atom. The average Bonchev–Trinajstić information content (AvgIpc) is 2.30. The van der Waals surface area contributed by atoms with Crippen LogP contribution in [0.4, 0.5) is 0 Å². The van der Waals surface area contributed by atoms with Crippen molar-refractivity contribution in [1.82, 2.24) is 0 Å². The van der Waals surface area contributed by atoms with E-state index in [1.165, 1.54) is 70.6 Å². The molecule has 0 aromatic heterocycles. The number of hydrogen-bond donors (Lipinski definition) is 0. The molecule has 1 atom stereocenters. The van der Waals surface area contributed by atoms with Crippen molar-refractivity contribution in [2.75, 3.05) is 0 Å². The van der Waals surface area contributed by atoms with E-state index in [1.807, 2.05) is 0 Å². The molecule has 0 bridgehead atoms. The van der Waals surface area contributed by atoms with E-state index < -0.39 is 0 Å². The fourth-order valence-corrected chi connectivity index (χ4v) is 2.47. The van der Waals surface area contributed by atoms with Gasteiger partial charge in [0.1, 0.15) is 0 Å². The summed E-state index contributed by atoms with van der Waals surface area (Å²) in [6.07, 6.45) is 16.8. The lowest BCUT2D eigenvalue weighted by Gasteiger charge is -2.15. The minimum absolute atomic E-state index is 1.03. The molecule has 0 heteroatoms. The van der Waals surface area contributed by atoms with Crippen LogP contribution in [0.1, 0.15) is 90.9 Å². The summed E-state index contributed by atoms with van der Waals surface area (Å²) in [5, 5.41) is 0. The molecule has 0 aromatic rings. The molecule has 0 heterocycles. The van der Waals surface area contributed by atoms with E-state index >= 15 is 0 Å². The number of hydrogen-bond acceptors (Lipinski definition) is 0. The van der Waals surface area contributed by atoms with Crippen LogP contribution in [0.15, 0.2) is 0 Å². The van der Waals surface area contributed by atoms with E-state index in [0.29, 0.717) is 0 Å². The molecule has 0 rings (SSSR count). The Morgan fingerprint density at radius 2 is 1.31 bits per heavy atom. The highest BCUT2D eigenvalue weighted by Gasteiger charge is 2.06. The Bertz CT molecular complexity index is 117. The largest absolute Gasteiger partial charge is 0.0654 e. The molecule has 0 aliphatic rings. The van der Waals surface area contributed by atoms with Crippen molar-refractivity contribution in [3.8, 4) is 0 Å². The first kappa shape index (κ1) is 16.0. The van der Waals surface area contributed by atoms with Crippen molar-refractivity contribution in [3.05, 3.63) is 6.92 Å². The van der Waals surface area contributed by atoms with Crippen molar-refractivity contribution in [2.45, 2.75) is 90.9 Å². The minimum atomic E-state index is 1.03. The van der Waals surface area contributed by atoms with E-state index in [2.05, 4.69) is 20.8 Å². The van der Waals surface area contributed by atoms with Gasteiger partial charge in [-0.15, -0.1) is 0 Å². The topological polar surface area (TPSA) is 0 Å². The van der Waals surface area contributed by atoms with Gasteiger partial charge in [-0.2, -0.15) is 0 Å². The van der Waals surface area contributed by atoms with Gasteiger partial charge in [0.05, 0.1) is 0 Å². The highest BCUT2D eigenvalue weighted by Crippen LogP contribution is 2.22. The normalized spacial score (nSPS) is 12.9. The average molecular weight is 225 g/mol. The molecule has 0 N–H and O–H groups in total. The van der Waals surface area contributed by atoms with Crippen LogP contribution in [0.5, 0.6) is 0 Å². The zero-order valence-corrected chi connectivity index (χ0v) is 11.8. The summed E-state index contributed by atoms with van der Waals surface area (Å²) in [5.74, 6) is 1.03. The van der Waals surface area contributed by atoms with Crippen molar-refractivity contribution in [2.24, 2.45) is 5.92 Å². The summed E-state index contributed by atoms with van der Waals surface area (Å²) < 4.78 is 0. The smallest absolute Gasteiger partial charge is 0.0414 e. The second kappa shape index (κ2) is 13.1. The third-order valence-electron chi connectivity index (χ3n) is 3.53. The zero-order chi connectivity index (χ0) is 12.1. The van der Waals surface area contributed by atoms with Crippen LogP contribution >= 0.6 is 0 Å². The van der Waals surface area contributed by atoms with Crippen LogP contribution in [-0.4, -0.2) is 0 Å². The van der Waals surface area contributed by atoms with Crippen LogP contribution in [0.3, 0.4) is 0 Å². The first-order chi connectivity index (χ1) is 7.85. The molecule has 0 nitrogen and oxygen atoms in total. The van der Waals surface area contributed by atoms with Crippen LogP contribution in [0.2, 0.25) is 0 Å². The highest BCUT2D eigenvalue weighted by atomic mass is 14.1. The molecule has 0 aliphatic carbocycles. The summed E-state index contributed by atoms with van der Waals surface area (Å²) in [6, 6.07) is 0. The molecule has 0 fully saturated rings. The predicted molar refractivity (Wildman–Crippen MR) is 75.6 cm³/mol. The fraction of sp³-hybridized carbons (Fsp3) is 0.938. The van der Waals surface area contributed by atoms with Gasteiger partial charge in [-0.3, -0.25) is 0 Å². The summed E-state index contributed by atoms with van der Waals surface area (Å²) in [5.41, 5.74) is 0. The molecule has 0 spiro atoms. The summed E-state index contributed by atoms with van der Waals surface area (Å²) in [6.45, 7) is 8.52. The van der Waals surface area contributed by atoms with Crippen molar-refractivity contribution in [3.63, 3.8) is 0 Å². The molecule has 97 valence electrons. The van der Waals surface area contributed by atoms with Crippen molar-refractivity contribution < 1.29 is 0 Å². The monoisotopic (exact) mass is 225 g/mol. The van der Waals surface area contributed by atoms with E-state index in [9.17, 15) is 0 Å². The standard InChI is InChI=1S/C16H33/c1-4-7-9-10-11-12-15-16(13-6-3)14-8-5-2/h16H,1,4-15H2,2-3H3. The predicted octanol–water partition coefficient (Wildman–Crippen LogP) is 6.16. The Morgan fingerprint density at radius 3 is 1.94 bits per heavy atom. The Balaban J connectivity index is 3.36. The molecule has 0 saturated carbocycles. The quantitative estimate of drug-likeness (QED) is 0.349. The van der Waals surface area contributed by atoms with E-state index in [1.54, 1.807) is 0 Å². The summed E-state index contributed by atoms with van der Waals surface area (Å²) >= 11 is 0. The molecule has 0 amide bonds. The van der Waals surface area contributed by atoms with Gasteiger partial charge in [0.25, 0.3) is 0 Å². The van der Waals surface area contributed by atoms with E-state index in [-0.39, 0.29) is 0 Å². The first-order valence-corrected chi connectivity index (χ1v) is 7.64. The number of rotatable bonds is 12. The summed E-state index contributed by atoms with van der Waals surface area (Å²) in [4.78, 5) is 0. The van der Waals surface area contributed by atoms with Crippen molar-refractivity contribution in [1.29, 1.82) is 0 Å². The molecule has 16 heavy (non-hydrogen) atoms. The SMILES string of the molecule is [CH2]CCCCCCCC(CCC)CCCC. The summed E-state index contributed by atoms with van der Waals surface area (Å²) in [7, 11) is 0.